The number of hydrogen-bond donors (Lipinski definition) is 0. The quantitative estimate of drug-likeness (QED) is 0.591. The third kappa shape index (κ3) is 3.63. The average Bonchev–Trinajstić information content (AvgIpc) is 2.14. The zero-order valence-corrected chi connectivity index (χ0v) is 10.6. The molecule has 1 aliphatic carbocycles. The number of unbranched alkanes of at least 4 members (excludes halogenated alkanes) is 1. The molecule has 0 unspecified atom stereocenters. The van der Waals surface area contributed by atoms with Crippen molar-refractivity contribution in [1.29, 1.82) is 0 Å². The lowest BCUT2D eigenvalue weighted by Crippen LogP contribution is -2.24. The zero-order chi connectivity index (χ0) is 10.6. The number of rotatable bonds is 4. The Labute approximate surface area is 90.5 Å². The summed E-state index contributed by atoms with van der Waals surface area (Å²) in [5.41, 5.74) is 0.640. The smallest absolute Gasteiger partial charge is 0.0354 e. The SMILES string of the molecule is CCCC[C@H](C)C1CCC(C)(C)CC1. The summed E-state index contributed by atoms with van der Waals surface area (Å²) in [6.45, 7) is 9.63. The summed E-state index contributed by atoms with van der Waals surface area (Å²) < 4.78 is 0. The lowest BCUT2D eigenvalue weighted by Gasteiger charge is -2.37. The predicted octanol–water partition coefficient (Wildman–Crippen LogP) is 5.03. The summed E-state index contributed by atoms with van der Waals surface area (Å²) in [4.78, 5) is 0. The van der Waals surface area contributed by atoms with Crippen molar-refractivity contribution >= 4 is 0 Å². The van der Waals surface area contributed by atoms with E-state index in [4.69, 9.17) is 0 Å². The van der Waals surface area contributed by atoms with Crippen LogP contribution in [0.1, 0.15) is 72.6 Å². The van der Waals surface area contributed by atoms with E-state index < -0.39 is 0 Å². The first-order valence-electron chi connectivity index (χ1n) is 6.55. The molecule has 1 aliphatic rings. The predicted molar refractivity (Wildman–Crippen MR) is 64.4 cm³/mol. The third-order valence-electron chi connectivity index (χ3n) is 4.20. The first kappa shape index (κ1) is 12.1. The molecule has 0 aliphatic heterocycles. The molecule has 0 spiro atoms. The Morgan fingerprint density at radius 3 is 2.29 bits per heavy atom. The first-order chi connectivity index (χ1) is 6.55. The molecule has 0 aromatic carbocycles. The minimum absolute atomic E-state index is 0.640. The Hall–Kier alpha value is 0. The van der Waals surface area contributed by atoms with Crippen LogP contribution in [0.25, 0.3) is 0 Å². The molecule has 1 atom stereocenters. The fraction of sp³-hybridized carbons (Fsp3) is 1.00. The van der Waals surface area contributed by atoms with E-state index >= 15 is 0 Å². The molecule has 0 heterocycles. The van der Waals surface area contributed by atoms with Gasteiger partial charge in [0.25, 0.3) is 0 Å². The number of hydrogen-bond acceptors (Lipinski definition) is 0. The maximum Gasteiger partial charge on any atom is -0.0354 e. The Balaban J connectivity index is 2.27. The molecule has 0 radical (unpaired) electrons. The van der Waals surface area contributed by atoms with E-state index in [1.807, 2.05) is 0 Å². The van der Waals surface area contributed by atoms with Gasteiger partial charge in [-0.05, 0) is 42.9 Å². The Morgan fingerprint density at radius 1 is 1.21 bits per heavy atom. The Kier molecular flexibility index (Phi) is 4.47. The molecule has 0 heteroatoms. The maximum absolute atomic E-state index is 2.47. The normalized spacial score (nSPS) is 24.9. The van der Waals surface area contributed by atoms with Crippen molar-refractivity contribution < 1.29 is 0 Å². The van der Waals surface area contributed by atoms with Crippen LogP contribution in [0.4, 0.5) is 0 Å². The summed E-state index contributed by atoms with van der Waals surface area (Å²) in [5, 5.41) is 0. The molecule has 1 saturated carbocycles. The van der Waals surface area contributed by atoms with Gasteiger partial charge in [-0.1, -0.05) is 47.0 Å². The molecule has 0 amide bonds. The van der Waals surface area contributed by atoms with Crippen molar-refractivity contribution in [3.63, 3.8) is 0 Å². The molecule has 0 N–H and O–H groups in total. The topological polar surface area (TPSA) is 0 Å². The minimum atomic E-state index is 0.640. The van der Waals surface area contributed by atoms with Crippen molar-refractivity contribution in [1.82, 2.24) is 0 Å². The van der Waals surface area contributed by atoms with Gasteiger partial charge in [0.1, 0.15) is 0 Å². The van der Waals surface area contributed by atoms with Crippen LogP contribution in [-0.4, -0.2) is 0 Å². The van der Waals surface area contributed by atoms with E-state index in [-0.39, 0.29) is 0 Å². The molecule has 0 nitrogen and oxygen atoms in total. The molecular formula is C14H28. The van der Waals surface area contributed by atoms with Gasteiger partial charge >= 0.3 is 0 Å². The first-order valence-corrected chi connectivity index (χ1v) is 6.55. The van der Waals surface area contributed by atoms with E-state index in [1.54, 1.807) is 0 Å². The Morgan fingerprint density at radius 2 is 1.79 bits per heavy atom. The molecule has 0 aromatic heterocycles. The maximum atomic E-state index is 2.47. The second-order valence-electron chi connectivity index (χ2n) is 6.12. The van der Waals surface area contributed by atoms with Gasteiger partial charge in [0.05, 0.1) is 0 Å². The summed E-state index contributed by atoms with van der Waals surface area (Å²) in [6.07, 6.45) is 10.1. The van der Waals surface area contributed by atoms with Gasteiger partial charge in [0.15, 0.2) is 0 Å². The van der Waals surface area contributed by atoms with Crippen molar-refractivity contribution in [3.05, 3.63) is 0 Å². The van der Waals surface area contributed by atoms with Crippen LogP contribution in [0, 0.1) is 17.3 Å². The fourth-order valence-corrected chi connectivity index (χ4v) is 2.75. The van der Waals surface area contributed by atoms with Crippen LogP contribution in [0.3, 0.4) is 0 Å². The molecule has 0 aromatic rings. The summed E-state index contributed by atoms with van der Waals surface area (Å²) in [6, 6.07) is 0. The molecule has 1 rings (SSSR count). The van der Waals surface area contributed by atoms with E-state index in [0.717, 1.165) is 11.8 Å². The highest BCUT2D eigenvalue weighted by atomic mass is 14.3. The minimum Gasteiger partial charge on any atom is -0.0654 e. The van der Waals surface area contributed by atoms with Crippen molar-refractivity contribution in [3.8, 4) is 0 Å². The van der Waals surface area contributed by atoms with Gasteiger partial charge in [-0.2, -0.15) is 0 Å². The highest BCUT2D eigenvalue weighted by molar-refractivity contribution is 4.80. The van der Waals surface area contributed by atoms with Crippen LogP contribution < -0.4 is 0 Å². The highest BCUT2D eigenvalue weighted by Crippen LogP contribution is 2.41. The van der Waals surface area contributed by atoms with Crippen LogP contribution in [0.15, 0.2) is 0 Å². The van der Waals surface area contributed by atoms with Crippen LogP contribution in [0.5, 0.6) is 0 Å². The van der Waals surface area contributed by atoms with Gasteiger partial charge in [-0.25, -0.2) is 0 Å². The van der Waals surface area contributed by atoms with Gasteiger partial charge in [0, 0.05) is 0 Å². The van der Waals surface area contributed by atoms with Gasteiger partial charge in [-0.3, -0.25) is 0 Å². The summed E-state index contributed by atoms with van der Waals surface area (Å²) >= 11 is 0. The van der Waals surface area contributed by atoms with E-state index in [9.17, 15) is 0 Å². The van der Waals surface area contributed by atoms with Crippen molar-refractivity contribution in [2.75, 3.05) is 0 Å². The molecule has 0 saturated heterocycles. The van der Waals surface area contributed by atoms with E-state index in [1.165, 1.54) is 44.9 Å². The van der Waals surface area contributed by atoms with Crippen LogP contribution >= 0.6 is 0 Å². The van der Waals surface area contributed by atoms with Gasteiger partial charge in [0.2, 0.25) is 0 Å². The van der Waals surface area contributed by atoms with Gasteiger partial charge < -0.3 is 0 Å². The summed E-state index contributed by atoms with van der Waals surface area (Å²) in [7, 11) is 0. The van der Waals surface area contributed by atoms with Crippen molar-refractivity contribution in [2.24, 2.45) is 17.3 Å². The van der Waals surface area contributed by atoms with E-state index in [0.29, 0.717) is 5.41 Å². The second kappa shape index (κ2) is 5.19. The summed E-state index contributed by atoms with van der Waals surface area (Å²) in [5.74, 6) is 2.01. The van der Waals surface area contributed by atoms with Crippen LogP contribution in [0.2, 0.25) is 0 Å². The molecule has 0 bridgehead atoms. The lowest BCUT2D eigenvalue weighted by atomic mass is 9.69. The van der Waals surface area contributed by atoms with Gasteiger partial charge in [-0.15, -0.1) is 0 Å². The molecule has 84 valence electrons. The fourth-order valence-electron chi connectivity index (χ4n) is 2.75. The highest BCUT2D eigenvalue weighted by Gasteiger charge is 2.29. The third-order valence-corrected chi connectivity index (χ3v) is 4.20. The standard InChI is InChI=1S/C14H28/c1-5-6-7-12(2)13-8-10-14(3,4)11-9-13/h12-13H,5-11H2,1-4H3/t12-/m0/s1. The monoisotopic (exact) mass is 196 g/mol. The second-order valence-corrected chi connectivity index (χ2v) is 6.12. The molecule has 1 fully saturated rings. The average molecular weight is 196 g/mol. The molecular weight excluding hydrogens is 168 g/mol. The van der Waals surface area contributed by atoms with Crippen molar-refractivity contribution in [2.45, 2.75) is 72.6 Å². The largest absolute Gasteiger partial charge is 0.0654 e. The lowest BCUT2D eigenvalue weighted by molar-refractivity contribution is 0.149. The van der Waals surface area contributed by atoms with Crippen LogP contribution in [-0.2, 0) is 0 Å². The zero-order valence-electron chi connectivity index (χ0n) is 10.6. The molecule has 14 heavy (non-hydrogen) atoms. The van der Waals surface area contributed by atoms with E-state index in [2.05, 4.69) is 27.7 Å². The Bertz CT molecular complexity index is 147.